The van der Waals surface area contributed by atoms with E-state index in [-0.39, 0.29) is 11.5 Å². The molecule has 1 N–H and O–H groups in total. The Morgan fingerprint density at radius 2 is 1.81 bits per heavy atom. The molecule has 0 radical (unpaired) electrons. The lowest BCUT2D eigenvalue weighted by Gasteiger charge is -2.15. The molecule has 36 heavy (non-hydrogen) atoms. The van der Waals surface area contributed by atoms with Crippen molar-refractivity contribution in [1.82, 2.24) is 19.2 Å². The van der Waals surface area contributed by atoms with Crippen molar-refractivity contribution >= 4 is 40.0 Å². The molecule has 8 nitrogen and oxygen atoms in total. The third kappa shape index (κ3) is 4.01. The van der Waals surface area contributed by atoms with Gasteiger partial charge in [0.2, 0.25) is 11.7 Å². The standard InChI is InChI=1S/C27H22N6O2S/c1-16-12-13-17(2)23(14-16)32-25(35)20-9-5-7-11-22(20)33-26(32)30-31-27(33)36-18(3)24(34)29-21-10-6-4-8-19(21)15-28/h4-14,18H,1-3H3,(H,29,34). The van der Waals surface area contributed by atoms with Crippen LogP contribution in [0.5, 0.6) is 0 Å². The van der Waals surface area contributed by atoms with Crippen molar-refractivity contribution in [2.45, 2.75) is 31.2 Å². The van der Waals surface area contributed by atoms with E-state index in [0.29, 0.717) is 33.1 Å². The molecular formula is C27H22N6O2S. The van der Waals surface area contributed by atoms with Crippen molar-refractivity contribution < 1.29 is 4.79 Å². The van der Waals surface area contributed by atoms with Gasteiger partial charge in [-0.05, 0) is 62.2 Å². The predicted octanol–water partition coefficient (Wildman–Crippen LogP) is 4.64. The molecule has 2 aromatic heterocycles. The second-order valence-electron chi connectivity index (χ2n) is 8.47. The molecule has 0 aliphatic heterocycles. The fourth-order valence-corrected chi connectivity index (χ4v) is 4.92. The SMILES string of the molecule is Cc1ccc(C)c(-n2c(=O)c3ccccc3n3c(SC(C)C(=O)Nc4ccccc4C#N)nnc23)c1. The first kappa shape index (κ1) is 23.3. The molecule has 1 unspecified atom stereocenters. The largest absolute Gasteiger partial charge is 0.324 e. The summed E-state index contributed by atoms with van der Waals surface area (Å²) >= 11 is 1.23. The molecule has 0 fully saturated rings. The van der Waals surface area contributed by atoms with Crippen molar-refractivity contribution in [3.8, 4) is 11.8 Å². The Balaban J connectivity index is 1.61. The highest BCUT2D eigenvalue weighted by Crippen LogP contribution is 2.28. The van der Waals surface area contributed by atoms with Crippen LogP contribution in [0.25, 0.3) is 22.4 Å². The second kappa shape index (κ2) is 9.32. The van der Waals surface area contributed by atoms with Gasteiger partial charge in [-0.2, -0.15) is 5.26 Å². The Morgan fingerprint density at radius 3 is 2.61 bits per heavy atom. The van der Waals surface area contributed by atoms with E-state index in [9.17, 15) is 14.9 Å². The number of benzene rings is 3. The van der Waals surface area contributed by atoms with E-state index in [1.165, 1.54) is 11.8 Å². The molecule has 0 spiro atoms. The van der Waals surface area contributed by atoms with Gasteiger partial charge < -0.3 is 5.32 Å². The number of aromatic nitrogens is 4. The third-order valence-electron chi connectivity index (χ3n) is 5.96. The predicted molar refractivity (Wildman–Crippen MR) is 141 cm³/mol. The zero-order valence-electron chi connectivity index (χ0n) is 19.9. The van der Waals surface area contributed by atoms with Crippen molar-refractivity contribution in [1.29, 1.82) is 5.26 Å². The Hall–Kier alpha value is -4.42. The lowest BCUT2D eigenvalue weighted by atomic mass is 10.1. The minimum absolute atomic E-state index is 0.186. The highest BCUT2D eigenvalue weighted by molar-refractivity contribution is 8.00. The molecule has 5 aromatic rings. The van der Waals surface area contributed by atoms with Gasteiger partial charge in [0.1, 0.15) is 6.07 Å². The van der Waals surface area contributed by atoms with E-state index in [1.54, 1.807) is 41.8 Å². The molecular weight excluding hydrogens is 472 g/mol. The van der Waals surface area contributed by atoms with E-state index in [4.69, 9.17) is 0 Å². The van der Waals surface area contributed by atoms with Gasteiger partial charge in [-0.15, -0.1) is 10.2 Å². The van der Waals surface area contributed by atoms with Crippen LogP contribution in [0, 0.1) is 25.2 Å². The Bertz CT molecular complexity index is 1750. The lowest BCUT2D eigenvalue weighted by molar-refractivity contribution is -0.115. The average Bonchev–Trinajstić information content (AvgIpc) is 3.29. The number of thioether (sulfide) groups is 1. The zero-order chi connectivity index (χ0) is 25.4. The quantitative estimate of drug-likeness (QED) is 0.357. The topological polar surface area (TPSA) is 105 Å². The van der Waals surface area contributed by atoms with Gasteiger partial charge in [-0.25, -0.2) is 4.57 Å². The molecule has 0 aliphatic rings. The number of hydrogen-bond acceptors (Lipinski definition) is 6. The molecule has 0 bridgehead atoms. The molecule has 0 saturated carbocycles. The minimum atomic E-state index is -0.552. The fraction of sp³-hybridized carbons (Fsp3) is 0.148. The summed E-state index contributed by atoms with van der Waals surface area (Å²) in [5, 5.41) is 21.3. The molecule has 5 rings (SSSR count). The summed E-state index contributed by atoms with van der Waals surface area (Å²) in [6.07, 6.45) is 0. The van der Waals surface area contributed by atoms with Crippen LogP contribution in [0.15, 0.2) is 76.7 Å². The first-order valence-electron chi connectivity index (χ1n) is 11.3. The average molecular weight is 495 g/mol. The molecule has 0 aliphatic carbocycles. The summed E-state index contributed by atoms with van der Waals surface area (Å²) in [5.41, 5.74) is 4.01. The molecule has 9 heteroatoms. The first-order valence-corrected chi connectivity index (χ1v) is 12.2. The van der Waals surface area contributed by atoms with Gasteiger partial charge in [0.25, 0.3) is 5.56 Å². The van der Waals surface area contributed by atoms with Crippen LogP contribution in [0.2, 0.25) is 0 Å². The normalized spacial score (nSPS) is 11.9. The smallest absolute Gasteiger partial charge is 0.267 e. The van der Waals surface area contributed by atoms with Crippen molar-refractivity contribution in [2.24, 2.45) is 0 Å². The van der Waals surface area contributed by atoms with E-state index in [1.807, 2.05) is 54.6 Å². The van der Waals surface area contributed by atoms with Crippen LogP contribution >= 0.6 is 11.8 Å². The molecule has 1 atom stereocenters. The zero-order valence-corrected chi connectivity index (χ0v) is 20.7. The highest BCUT2D eigenvalue weighted by Gasteiger charge is 2.23. The molecule has 178 valence electrons. The number of hydrogen-bond donors (Lipinski definition) is 1. The maximum Gasteiger partial charge on any atom is 0.267 e. The van der Waals surface area contributed by atoms with Crippen LogP contribution in [0.1, 0.15) is 23.6 Å². The maximum absolute atomic E-state index is 13.6. The van der Waals surface area contributed by atoms with Gasteiger partial charge in [0.05, 0.1) is 33.1 Å². The van der Waals surface area contributed by atoms with Crippen LogP contribution < -0.4 is 10.9 Å². The number of para-hydroxylation sites is 2. The summed E-state index contributed by atoms with van der Waals surface area (Å²) < 4.78 is 3.39. The van der Waals surface area contributed by atoms with Crippen LogP contribution in [-0.4, -0.2) is 30.3 Å². The Kier molecular flexibility index (Phi) is 6.04. The molecule has 2 heterocycles. The third-order valence-corrected chi connectivity index (χ3v) is 7.00. The molecule has 3 aromatic carbocycles. The summed E-state index contributed by atoms with van der Waals surface area (Å²) in [6, 6.07) is 22.2. The van der Waals surface area contributed by atoms with Crippen molar-refractivity contribution in [3.63, 3.8) is 0 Å². The number of anilines is 1. The Labute approximate surface area is 211 Å². The first-order chi connectivity index (χ1) is 17.4. The number of carbonyl (C=O) groups excluding carboxylic acids is 1. The summed E-state index contributed by atoms with van der Waals surface area (Å²) in [6.45, 7) is 5.69. The lowest BCUT2D eigenvalue weighted by Crippen LogP contribution is -2.24. The van der Waals surface area contributed by atoms with Gasteiger partial charge in [-0.1, -0.05) is 48.2 Å². The van der Waals surface area contributed by atoms with Crippen LogP contribution in [-0.2, 0) is 4.79 Å². The molecule has 0 saturated heterocycles. The monoisotopic (exact) mass is 494 g/mol. The van der Waals surface area contributed by atoms with Gasteiger partial charge in [-0.3, -0.25) is 14.0 Å². The number of rotatable bonds is 5. The number of amides is 1. The summed E-state index contributed by atoms with van der Waals surface area (Å²) in [5.74, 6) is 0.101. The van der Waals surface area contributed by atoms with Crippen molar-refractivity contribution in [2.75, 3.05) is 5.32 Å². The highest BCUT2D eigenvalue weighted by atomic mass is 32.2. The van der Waals surface area contributed by atoms with E-state index in [0.717, 1.165) is 16.8 Å². The fourth-order valence-electron chi connectivity index (χ4n) is 4.07. The summed E-state index contributed by atoms with van der Waals surface area (Å²) in [7, 11) is 0. The molecule has 1 amide bonds. The second-order valence-corrected chi connectivity index (χ2v) is 9.78. The summed E-state index contributed by atoms with van der Waals surface area (Å²) in [4.78, 5) is 26.6. The van der Waals surface area contributed by atoms with E-state index >= 15 is 0 Å². The van der Waals surface area contributed by atoms with Crippen LogP contribution in [0.4, 0.5) is 5.69 Å². The van der Waals surface area contributed by atoms with E-state index in [2.05, 4.69) is 21.6 Å². The number of fused-ring (bicyclic) bond motifs is 3. The van der Waals surface area contributed by atoms with Gasteiger partial charge in [0.15, 0.2) is 5.16 Å². The van der Waals surface area contributed by atoms with Crippen LogP contribution in [0.3, 0.4) is 0 Å². The minimum Gasteiger partial charge on any atom is -0.324 e. The number of nitriles is 1. The maximum atomic E-state index is 13.6. The van der Waals surface area contributed by atoms with Crippen molar-refractivity contribution in [3.05, 3.63) is 93.8 Å². The number of nitrogens with zero attached hydrogens (tertiary/aromatic N) is 5. The number of nitrogens with one attached hydrogen (secondary N) is 1. The number of aryl methyl sites for hydroxylation is 2. The van der Waals surface area contributed by atoms with Gasteiger partial charge in [0, 0.05) is 0 Å². The van der Waals surface area contributed by atoms with Gasteiger partial charge >= 0.3 is 0 Å². The number of carbonyl (C=O) groups is 1. The van der Waals surface area contributed by atoms with E-state index < -0.39 is 5.25 Å². The Morgan fingerprint density at radius 1 is 1.06 bits per heavy atom.